The summed E-state index contributed by atoms with van der Waals surface area (Å²) in [5, 5.41) is 9.00. The number of carbonyl (C=O) groups is 1. The Bertz CT molecular complexity index is 545. The van der Waals surface area contributed by atoms with Gasteiger partial charge in [0, 0.05) is 11.9 Å². The minimum absolute atomic E-state index is 0.240. The topological polar surface area (TPSA) is 64.4 Å². The molecule has 0 aromatic carbocycles. The molecule has 2 heterocycles. The molecule has 2 rings (SSSR count). The summed E-state index contributed by atoms with van der Waals surface area (Å²) in [4.78, 5) is 16.1. The molecule has 0 bridgehead atoms. The molecule has 6 heteroatoms. The van der Waals surface area contributed by atoms with Gasteiger partial charge in [0.2, 0.25) is 0 Å². The number of hydrogen-bond acceptors (Lipinski definition) is 4. The van der Waals surface area contributed by atoms with Crippen LogP contribution in [0.1, 0.15) is 20.2 Å². The first kappa shape index (κ1) is 11.7. The van der Waals surface area contributed by atoms with Crippen LogP contribution in [0.5, 0.6) is 5.75 Å². The van der Waals surface area contributed by atoms with E-state index in [0.29, 0.717) is 12.4 Å². The summed E-state index contributed by atoms with van der Waals surface area (Å²) in [7, 11) is 1.86. The summed E-state index contributed by atoms with van der Waals surface area (Å²) in [6, 6.07) is 1.74. The Morgan fingerprint density at radius 3 is 3.00 bits per heavy atom. The van der Waals surface area contributed by atoms with Crippen molar-refractivity contribution in [3.8, 4) is 5.75 Å². The zero-order valence-corrected chi connectivity index (χ0v) is 10.3. The number of imidazole rings is 1. The molecule has 17 heavy (non-hydrogen) atoms. The van der Waals surface area contributed by atoms with Crippen LogP contribution >= 0.6 is 11.3 Å². The van der Waals surface area contributed by atoms with Crippen LogP contribution in [0.4, 0.5) is 0 Å². The predicted octanol–water partition coefficient (Wildman–Crippen LogP) is 2.07. The molecule has 0 radical (unpaired) electrons. The molecule has 0 spiro atoms. The molecule has 5 nitrogen and oxygen atoms in total. The van der Waals surface area contributed by atoms with Crippen LogP contribution < -0.4 is 4.74 Å². The van der Waals surface area contributed by atoms with E-state index in [9.17, 15) is 4.79 Å². The number of nitrogens with zero attached hydrogens (tertiary/aromatic N) is 2. The number of hydrogen-bond donors (Lipinski definition) is 1. The molecule has 0 unspecified atom stereocenters. The van der Waals surface area contributed by atoms with Crippen LogP contribution in [0, 0.1) is 6.92 Å². The van der Waals surface area contributed by atoms with E-state index < -0.39 is 5.97 Å². The summed E-state index contributed by atoms with van der Waals surface area (Å²) < 4.78 is 7.35. The van der Waals surface area contributed by atoms with Crippen molar-refractivity contribution in [2.24, 2.45) is 7.05 Å². The Kier molecular flexibility index (Phi) is 3.14. The first-order valence-electron chi connectivity index (χ1n) is 4.99. The molecule has 2 aromatic rings. The predicted molar refractivity (Wildman–Crippen MR) is 63.6 cm³/mol. The fourth-order valence-electron chi connectivity index (χ4n) is 1.42. The maximum absolute atomic E-state index is 11.0. The molecule has 0 aliphatic rings. The second-order valence-electron chi connectivity index (χ2n) is 3.64. The number of carboxylic acid groups (broad SMARTS) is 1. The van der Waals surface area contributed by atoms with E-state index >= 15 is 0 Å². The molecule has 0 saturated heterocycles. The van der Waals surface area contributed by atoms with E-state index in [2.05, 4.69) is 4.98 Å². The average Bonchev–Trinajstić information content (AvgIpc) is 2.82. The van der Waals surface area contributed by atoms with Gasteiger partial charge >= 0.3 is 5.97 Å². The minimum Gasteiger partial charge on any atom is -0.486 e. The number of carboxylic acids is 1. The largest absolute Gasteiger partial charge is 0.486 e. The number of aromatic nitrogens is 2. The van der Waals surface area contributed by atoms with E-state index in [1.807, 2.05) is 18.5 Å². The molecule has 0 atom stereocenters. The number of thiophene rings is 1. The number of aryl methyl sites for hydroxylation is 2. The lowest BCUT2D eigenvalue weighted by Gasteiger charge is -2.05. The highest BCUT2D eigenvalue weighted by molar-refractivity contribution is 7.14. The van der Waals surface area contributed by atoms with Crippen molar-refractivity contribution >= 4 is 17.3 Å². The number of rotatable bonds is 4. The smallest absolute Gasteiger partial charge is 0.349 e. The van der Waals surface area contributed by atoms with Crippen LogP contribution in [0.2, 0.25) is 0 Å². The van der Waals surface area contributed by atoms with Crippen LogP contribution in [0.15, 0.2) is 18.6 Å². The normalized spacial score (nSPS) is 10.5. The van der Waals surface area contributed by atoms with Gasteiger partial charge in [-0.15, -0.1) is 11.3 Å². The lowest BCUT2D eigenvalue weighted by molar-refractivity contribution is 0.0697. The van der Waals surface area contributed by atoms with Crippen molar-refractivity contribution in [2.75, 3.05) is 0 Å². The molecule has 1 N–H and O–H groups in total. The fourth-order valence-corrected chi connectivity index (χ4v) is 2.22. The lowest BCUT2D eigenvalue weighted by atomic mass is 10.4. The standard InChI is InChI=1S/C11H12N2O3S/c1-7-3-9(10(17-7)11(14)15)16-5-8-4-12-6-13(8)2/h3-4,6H,5H2,1-2H3,(H,14,15). The second kappa shape index (κ2) is 4.58. The highest BCUT2D eigenvalue weighted by atomic mass is 32.1. The fraction of sp³-hybridized carbons (Fsp3) is 0.273. The molecule has 0 aliphatic heterocycles. The van der Waals surface area contributed by atoms with Gasteiger partial charge in [-0.2, -0.15) is 0 Å². The Hall–Kier alpha value is -1.82. The Balaban J connectivity index is 2.14. The van der Waals surface area contributed by atoms with Gasteiger partial charge in [0.25, 0.3) is 0 Å². The van der Waals surface area contributed by atoms with Gasteiger partial charge in [0.05, 0.1) is 18.2 Å². The van der Waals surface area contributed by atoms with Gasteiger partial charge in [0.15, 0.2) is 4.88 Å². The maximum atomic E-state index is 11.0. The van der Waals surface area contributed by atoms with Crippen LogP contribution in [0.25, 0.3) is 0 Å². The van der Waals surface area contributed by atoms with E-state index in [0.717, 1.165) is 10.6 Å². The third-order valence-electron chi connectivity index (χ3n) is 2.31. The molecule has 0 fully saturated rings. The van der Waals surface area contributed by atoms with E-state index in [-0.39, 0.29) is 4.88 Å². The Labute approximate surface area is 102 Å². The van der Waals surface area contributed by atoms with E-state index in [1.54, 1.807) is 18.6 Å². The molecular formula is C11H12N2O3S. The lowest BCUT2D eigenvalue weighted by Crippen LogP contribution is -2.03. The van der Waals surface area contributed by atoms with Gasteiger partial charge in [-0.3, -0.25) is 0 Å². The molecule has 0 amide bonds. The van der Waals surface area contributed by atoms with E-state index in [1.165, 1.54) is 11.3 Å². The second-order valence-corrected chi connectivity index (χ2v) is 4.90. The summed E-state index contributed by atoms with van der Waals surface area (Å²) >= 11 is 1.22. The van der Waals surface area contributed by atoms with E-state index in [4.69, 9.17) is 9.84 Å². The monoisotopic (exact) mass is 252 g/mol. The highest BCUT2D eigenvalue weighted by Gasteiger charge is 2.15. The number of aromatic carboxylic acids is 1. The van der Waals surface area contributed by atoms with Crippen molar-refractivity contribution in [2.45, 2.75) is 13.5 Å². The maximum Gasteiger partial charge on any atom is 0.349 e. The van der Waals surface area contributed by atoms with Crippen LogP contribution in [0.3, 0.4) is 0 Å². The quantitative estimate of drug-likeness (QED) is 0.904. The highest BCUT2D eigenvalue weighted by Crippen LogP contribution is 2.29. The van der Waals surface area contributed by atoms with Crippen molar-refractivity contribution in [3.63, 3.8) is 0 Å². The Morgan fingerprint density at radius 1 is 1.65 bits per heavy atom. The van der Waals surface area contributed by atoms with Crippen molar-refractivity contribution in [3.05, 3.63) is 34.0 Å². The van der Waals surface area contributed by atoms with Crippen molar-refractivity contribution < 1.29 is 14.6 Å². The summed E-state index contributed by atoms with van der Waals surface area (Å²) in [6.45, 7) is 2.17. The average molecular weight is 252 g/mol. The summed E-state index contributed by atoms with van der Waals surface area (Å²) in [5.74, 6) is -0.538. The first-order valence-corrected chi connectivity index (χ1v) is 5.81. The van der Waals surface area contributed by atoms with Gasteiger partial charge in [0.1, 0.15) is 12.4 Å². The zero-order chi connectivity index (χ0) is 12.4. The summed E-state index contributed by atoms with van der Waals surface area (Å²) in [5.41, 5.74) is 0.894. The van der Waals surface area contributed by atoms with Gasteiger partial charge in [-0.1, -0.05) is 0 Å². The van der Waals surface area contributed by atoms with Gasteiger partial charge in [-0.25, -0.2) is 9.78 Å². The molecule has 0 saturated carbocycles. The molecule has 0 aliphatic carbocycles. The number of ether oxygens (including phenoxy) is 1. The third-order valence-corrected chi connectivity index (χ3v) is 3.33. The SMILES string of the molecule is Cc1cc(OCc2cncn2C)c(C(=O)O)s1. The molecule has 2 aromatic heterocycles. The van der Waals surface area contributed by atoms with Crippen molar-refractivity contribution in [1.29, 1.82) is 0 Å². The van der Waals surface area contributed by atoms with Gasteiger partial charge < -0.3 is 14.4 Å². The molecule has 90 valence electrons. The zero-order valence-electron chi connectivity index (χ0n) is 9.51. The van der Waals surface area contributed by atoms with Crippen LogP contribution in [-0.4, -0.2) is 20.6 Å². The van der Waals surface area contributed by atoms with Crippen LogP contribution in [-0.2, 0) is 13.7 Å². The third kappa shape index (κ3) is 2.47. The Morgan fingerprint density at radius 2 is 2.41 bits per heavy atom. The minimum atomic E-state index is -0.955. The molecular weight excluding hydrogens is 240 g/mol. The van der Waals surface area contributed by atoms with Crippen molar-refractivity contribution in [1.82, 2.24) is 9.55 Å². The summed E-state index contributed by atoms with van der Waals surface area (Å²) in [6.07, 6.45) is 3.37. The van der Waals surface area contributed by atoms with Gasteiger partial charge in [-0.05, 0) is 13.0 Å². The first-order chi connectivity index (χ1) is 8.08.